The zero-order chi connectivity index (χ0) is 45.2. The largest absolute Gasteiger partial charge is 0.463 e. The second-order valence-electron chi connectivity index (χ2n) is 16.3. The fourth-order valence-corrected chi connectivity index (χ4v) is 8.43. The van der Waals surface area contributed by atoms with Crippen LogP contribution in [-0.2, 0) is 90.0 Å². The third-order valence-corrected chi connectivity index (χ3v) is 11.6. The monoisotopic (exact) mass is 888 g/mol. The summed E-state index contributed by atoms with van der Waals surface area (Å²) in [5, 5.41) is 0. The molecule has 0 aromatic heterocycles. The van der Waals surface area contributed by atoms with Crippen LogP contribution in [-0.4, -0.2) is 87.4 Å². The van der Waals surface area contributed by atoms with E-state index in [9.17, 15) is 9.59 Å². The Bertz CT molecular complexity index is 2130. The molecule has 2 aliphatic heterocycles. The molecule has 5 aromatic carbocycles. The first kappa shape index (κ1) is 47.7. The van der Waals surface area contributed by atoms with E-state index in [2.05, 4.69) is 0 Å². The van der Waals surface area contributed by atoms with Crippen molar-refractivity contribution in [3.8, 4) is 0 Å². The fourth-order valence-electron chi connectivity index (χ4n) is 8.43. The summed E-state index contributed by atoms with van der Waals surface area (Å²) in [5.74, 6) is -1.56. The maximum atomic E-state index is 13.2. The topological polar surface area (TPSA) is 126 Å². The van der Waals surface area contributed by atoms with E-state index in [1.165, 1.54) is 13.8 Å². The molecule has 7 rings (SSSR count). The lowest BCUT2D eigenvalue weighted by molar-refractivity contribution is -0.314. The van der Waals surface area contributed by atoms with Crippen molar-refractivity contribution in [3.63, 3.8) is 0 Å². The SMILES string of the molecule is CO[C@H]1O[C@H](COC(C)=O)[C@@H](C[C@H]2O[C@H](COCc3ccccc3)[C@@H](OCc3ccccc3)[C@H](OCc3ccccc3)[C@@H]2OC(C)=O)[C@H](OCc2ccccc2)[C@H]1OCc1ccccc1. The molecule has 0 aliphatic carbocycles. The Morgan fingerprint density at radius 3 is 1.32 bits per heavy atom. The maximum Gasteiger partial charge on any atom is 0.303 e. The molecule has 65 heavy (non-hydrogen) atoms. The van der Waals surface area contributed by atoms with Crippen molar-refractivity contribution in [2.45, 2.75) is 108 Å². The highest BCUT2D eigenvalue weighted by Gasteiger charge is 2.54. The molecule has 0 spiro atoms. The smallest absolute Gasteiger partial charge is 0.303 e. The Labute approximate surface area is 382 Å². The first-order valence-corrected chi connectivity index (χ1v) is 22.2. The average Bonchev–Trinajstić information content (AvgIpc) is 3.33. The van der Waals surface area contributed by atoms with E-state index in [1.54, 1.807) is 7.11 Å². The number of benzene rings is 5. The minimum Gasteiger partial charge on any atom is -0.463 e. The molecule has 10 atom stereocenters. The molecule has 2 fully saturated rings. The van der Waals surface area contributed by atoms with Crippen LogP contribution in [0.15, 0.2) is 152 Å². The molecule has 5 aromatic rings. The molecule has 0 amide bonds. The molecule has 2 heterocycles. The molecule has 12 nitrogen and oxygen atoms in total. The number of carbonyl (C=O) groups excluding carboxylic acids is 2. The number of ether oxygens (including phenoxy) is 10. The Hall–Kier alpha value is -5.28. The van der Waals surface area contributed by atoms with Gasteiger partial charge in [-0.3, -0.25) is 9.59 Å². The van der Waals surface area contributed by atoms with Crippen LogP contribution in [0.1, 0.15) is 48.1 Å². The van der Waals surface area contributed by atoms with Crippen LogP contribution >= 0.6 is 0 Å². The van der Waals surface area contributed by atoms with Crippen LogP contribution in [0.5, 0.6) is 0 Å². The molecular formula is C53H60O12. The van der Waals surface area contributed by atoms with Gasteiger partial charge in [0.15, 0.2) is 12.4 Å². The van der Waals surface area contributed by atoms with Crippen molar-refractivity contribution in [3.05, 3.63) is 179 Å². The first-order chi connectivity index (χ1) is 31.8. The quantitative estimate of drug-likeness (QED) is 0.0623. The molecule has 0 radical (unpaired) electrons. The van der Waals surface area contributed by atoms with E-state index in [4.69, 9.17) is 47.4 Å². The minimum atomic E-state index is -0.977. The molecule has 2 aliphatic rings. The summed E-state index contributed by atoms with van der Waals surface area (Å²) in [6.45, 7) is 3.99. The summed E-state index contributed by atoms with van der Waals surface area (Å²) >= 11 is 0. The Morgan fingerprint density at radius 2 is 0.877 bits per heavy atom. The van der Waals surface area contributed by atoms with Gasteiger partial charge in [0.2, 0.25) is 0 Å². The standard InChI is InChI=1S/C53H60O12/c1-37(54)58-36-46-44(48(59-31-40-21-11-5-12-22-40)52(53(56-3)65-46)62-34-43-27-17-8-18-28-43)29-45-50(63-38(2)55)51(61-33-42-25-15-7-16-26-42)49(60-32-41-23-13-6-14-24-41)47(64-45)35-57-30-39-19-9-4-10-20-39/h4-28,44-53H,29-36H2,1-3H3/t44-,45-,46-,47-,48+,49-,50-,51+,52-,53+/m1/s1. The molecule has 0 bridgehead atoms. The van der Waals surface area contributed by atoms with Crippen molar-refractivity contribution in [1.29, 1.82) is 0 Å². The molecule has 0 unspecified atom stereocenters. The third-order valence-electron chi connectivity index (χ3n) is 11.6. The molecule has 2 saturated heterocycles. The van der Waals surface area contributed by atoms with Crippen LogP contribution in [0.4, 0.5) is 0 Å². The molecule has 0 saturated carbocycles. The van der Waals surface area contributed by atoms with Crippen LogP contribution in [0.3, 0.4) is 0 Å². The van der Waals surface area contributed by atoms with E-state index in [1.807, 2.05) is 152 Å². The maximum absolute atomic E-state index is 13.2. The molecule has 344 valence electrons. The van der Waals surface area contributed by atoms with Gasteiger partial charge in [-0.2, -0.15) is 0 Å². The number of methoxy groups -OCH3 is 1. The number of carbonyl (C=O) groups is 2. The predicted molar refractivity (Wildman–Crippen MR) is 241 cm³/mol. The molecular weight excluding hydrogens is 829 g/mol. The van der Waals surface area contributed by atoms with Gasteiger partial charge in [-0.1, -0.05) is 152 Å². The van der Waals surface area contributed by atoms with Crippen molar-refractivity contribution < 1.29 is 57.0 Å². The van der Waals surface area contributed by atoms with Crippen molar-refractivity contribution in [1.82, 2.24) is 0 Å². The summed E-state index contributed by atoms with van der Waals surface area (Å²) in [4.78, 5) is 25.7. The Morgan fingerprint density at radius 1 is 0.446 bits per heavy atom. The van der Waals surface area contributed by atoms with Gasteiger partial charge < -0.3 is 47.4 Å². The van der Waals surface area contributed by atoms with Gasteiger partial charge in [0.05, 0.1) is 51.8 Å². The number of esters is 2. The van der Waals surface area contributed by atoms with E-state index in [0.29, 0.717) is 6.61 Å². The Kier molecular flexibility index (Phi) is 18.2. The van der Waals surface area contributed by atoms with E-state index in [-0.39, 0.29) is 46.1 Å². The predicted octanol–water partition coefficient (Wildman–Crippen LogP) is 8.18. The van der Waals surface area contributed by atoms with Gasteiger partial charge in [0, 0.05) is 26.9 Å². The average molecular weight is 889 g/mol. The highest BCUT2D eigenvalue weighted by Crippen LogP contribution is 2.40. The van der Waals surface area contributed by atoms with Crippen molar-refractivity contribution in [2.24, 2.45) is 5.92 Å². The third kappa shape index (κ3) is 14.1. The van der Waals surface area contributed by atoms with Gasteiger partial charge in [-0.05, 0) is 34.2 Å². The lowest BCUT2D eigenvalue weighted by Gasteiger charge is -2.50. The van der Waals surface area contributed by atoms with Crippen LogP contribution in [0.25, 0.3) is 0 Å². The summed E-state index contributed by atoms with van der Waals surface area (Å²) in [6.07, 6.45) is -7.01. The normalized spacial score (nSPS) is 25.4. The summed E-state index contributed by atoms with van der Waals surface area (Å²) in [6, 6.07) is 49.2. The van der Waals surface area contributed by atoms with Gasteiger partial charge in [-0.25, -0.2) is 0 Å². The van der Waals surface area contributed by atoms with Gasteiger partial charge in [-0.15, -0.1) is 0 Å². The van der Waals surface area contributed by atoms with E-state index < -0.39 is 73.0 Å². The summed E-state index contributed by atoms with van der Waals surface area (Å²) in [5.41, 5.74) is 4.77. The highest BCUT2D eigenvalue weighted by atomic mass is 16.7. The van der Waals surface area contributed by atoms with Crippen molar-refractivity contribution in [2.75, 3.05) is 20.3 Å². The second-order valence-corrected chi connectivity index (χ2v) is 16.3. The number of hydrogen-bond acceptors (Lipinski definition) is 12. The van der Waals surface area contributed by atoms with Gasteiger partial charge >= 0.3 is 11.9 Å². The lowest BCUT2D eigenvalue weighted by atomic mass is 9.81. The van der Waals surface area contributed by atoms with E-state index >= 15 is 0 Å². The van der Waals surface area contributed by atoms with E-state index in [0.717, 1.165) is 27.8 Å². The number of rotatable bonds is 22. The summed E-state index contributed by atoms with van der Waals surface area (Å²) in [7, 11) is 1.55. The second kappa shape index (κ2) is 24.9. The molecule has 0 N–H and O–H groups in total. The zero-order valence-corrected chi connectivity index (χ0v) is 37.3. The first-order valence-electron chi connectivity index (χ1n) is 22.2. The van der Waals surface area contributed by atoms with Crippen LogP contribution in [0.2, 0.25) is 0 Å². The lowest BCUT2D eigenvalue weighted by Crippen LogP contribution is -2.64. The van der Waals surface area contributed by atoms with Crippen LogP contribution in [0, 0.1) is 5.92 Å². The zero-order valence-electron chi connectivity index (χ0n) is 37.3. The highest BCUT2D eigenvalue weighted by molar-refractivity contribution is 5.66. The molecule has 12 heteroatoms. The van der Waals surface area contributed by atoms with Gasteiger partial charge in [0.1, 0.15) is 37.1 Å². The summed E-state index contributed by atoms with van der Waals surface area (Å²) < 4.78 is 65.4. The van der Waals surface area contributed by atoms with Crippen molar-refractivity contribution >= 4 is 11.9 Å². The number of hydrogen-bond donors (Lipinski definition) is 0. The Balaban J connectivity index is 1.27. The minimum absolute atomic E-state index is 0.109. The fraction of sp³-hybridized carbons (Fsp3) is 0.396. The van der Waals surface area contributed by atoms with Crippen LogP contribution < -0.4 is 0 Å². The van der Waals surface area contributed by atoms with Gasteiger partial charge in [0.25, 0.3) is 0 Å².